The monoisotopic (exact) mass is 528 g/mol. The van der Waals surface area contributed by atoms with Gasteiger partial charge in [0.1, 0.15) is 11.6 Å². The quantitative estimate of drug-likeness (QED) is 0.342. The number of carbonyl (C=O) groups excluding carboxylic acids is 1. The molecule has 3 N–H and O–H groups in total. The number of halogens is 5. The van der Waals surface area contributed by atoms with Crippen LogP contribution in [0, 0.1) is 11.7 Å². The van der Waals surface area contributed by atoms with Crippen LogP contribution in [0.4, 0.5) is 28.5 Å². The van der Waals surface area contributed by atoms with Crippen LogP contribution < -0.4 is 10.6 Å². The van der Waals surface area contributed by atoms with Crippen molar-refractivity contribution in [1.82, 2.24) is 9.97 Å². The first-order valence-corrected chi connectivity index (χ1v) is 11.6. The summed E-state index contributed by atoms with van der Waals surface area (Å²) in [4.78, 5) is 31.9. The van der Waals surface area contributed by atoms with Crippen LogP contribution in [0.3, 0.4) is 0 Å². The standard InChI is InChI=1S/C22H17ClF4N4O3S/c23-15-7-11(8-28-18(15)29-12-5-4-10(6-12)20(33)34)19(32)31-21-30-16(9-35-21)13-2-1-3-14(17(13)24)22(25,26)27/h1-3,7-10,12H,4-6H2,(H,28,29)(H,33,34)(H,30,31,32). The van der Waals surface area contributed by atoms with Crippen molar-refractivity contribution in [2.24, 2.45) is 5.92 Å². The van der Waals surface area contributed by atoms with Gasteiger partial charge in [-0.3, -0.25) is 14.9 Å². The molecule has 0 aliphatic heterocycles. The molecule has 4 rings (SSSR count). The second-order valence-corrected chi connectivity index (χ2v) is 9.17. The number of anilines is 2. The van der Waals surface area contributed by atoms with Gasteiger partial charge in [0.15, 0.2) is 5.13 Å². The van der Waals surface area contributed by atoms with E-state index in [1.54, 1.807) is 0 Å². The molecule has 1 aliphatic carbocycles. The second kappa shape index (κ2) is 9.78. The largest absolute Gasteiger partial charge is 0.481 e. The number of rotatable bonds is 6. The fourth-order valence-electron chi connectivity index (χ4n) is 3.77. The first kappa shape index (κ1) is 24.9. The van der Waals surface area contributed by atoms with Crippen molar-refractivity contribution in [2.75, 3.05) is 10.6 Å². The molecule has 1 aliphatic rings. The number of aromatic nitrogens is 2. The molecule has 0 spiro atoms. The molecule has 1 saturated carbocycles. The number of hydrogen-bond donors (Lipinski definition) is 3. The lowest BCUT2D eigenvalue weighted by Crippen LogP contribution is -2.19. The van der Waals surface area contributed by atoms with Crippen LogP contribution in [0.25, 0.3) is 11.3 Å². The summed E-state index contributed by atoms with van der Waals surface area (Å²) in [6.45, 7) is 0. The third-order valence-electron chi connectivity index (χ3n) is 5.53. The molecular formula is C22H17ClF4N4O3S. The number of amides is 1. The molecule has 184 valence electrons. The smallest absolute Gasteiger partial charge is 0.419 e. The minimum Gasteiger partial charge on any atom is -0.481 e. The van der Waals surface area contributed by atoms with Crippen LogP contribution in [0.1, 0.15) is 35.2 Å². The maximum atomic E-state index is 14.4. The highest BCUT2D eigenvalue weighted by atomic mass is 35.5. The van der Waals surface area contributed by atoms with E-state index in [-0.39, 0.29) is 33.0 Å². The zero-order valence-corrected chi connectivity index (χ0v) is 19.3. The molecule has 2 unspecified atom stereocenters. The maximum absolute atomic E-state index is 14.4. The topological polar surface area (TPSA) is 104 Å². The Morgan fingerprint density at radius 1 is 1.23 bits per heavy atom. The number of benzene rings is 1. The number of carboxylic acid groups (broad SMARTS) is 1. The number of alkyl halides is 3. The molecule has 2 aromatic heterocycles. The lowest BCUT2D eigenvalue weighted by molar-refractivity contribution is -0.141. The van der Waals surface area contributed by atoms with Gasteiger partial charge in [-0.1, -0.05) is 17.7 Å². The van der Waals surface area contributed by atoms with E-state index in [2.05, 4.69) is 20.6 Å². The highest BCUT2D eigenvalue weighted by Crippen LogP contribution is 2.36. The maximum Gasteiger partial charge on any atom is 0.419 e. The van der Waals surface area contributed by atoms with Crippen LogP contribution >= 0.6 is 22.9 Å². The Labute approximate surface area is 205 Å². The molecule has 35 heavy (non-hydrogen) atoms. The van der Waals surface area contributed by atoms with Crippen molar-refractivity contribution in [3.05, 3.63) is 57.8 Å². The summed E-state index contributed by atoms with van der Waals surface area (Å²) < 4.78 is 53.3. The zero-order chi connectivity index (χ0) is 25.3. The van der Waals surface area contributed by atoms with E-state index in [4.69, 9.17) is 16.7 Å². The molecule has 2 heterocycles. The minimum absolute atomic E-state index is 0.0470. The summed E-state index contributed by atoms with van der Waals surface area (Å²) in [6, 6.07) is 4.15. The summed E-state index contributed by atoms with van der Waals surface area (Å²) >= 11 is 7.16. The zero-order valence-electron chi connectivity index (χ0n) is 17.7. The normalized spacial score (nSPS) is 17.9. The molecule has 7 nitrogen and oxygen atoms in total. The first-order valence-electron chi connectivity index (χ1n) is 10.3. The van der Waals surface area contributed by atoms with E-state index in [1.165, 1.54) is 23.7 Å². The number of pyridine rings is 1. The van der Waals surface area contributed by atoms with Crippen LogP contribution in [0.5, 0.6) is 0 Å². The fraction of sp³-hybridized carbons (Fsp3) is 0.273. The van der Waals surface area contributed by atoms with Gasteiger partial charge in [-0.15, -0.1) is 11.3 Å². The molecule has 3 aromatic rings. The summed E-state index contributed by atoms with van der Waals surface area (Å²) in [5.41, 5.74) is -1.70. The number of hydrogen-bond acceptors (Lipinski definition) is 6. The van der Waals surface area contributed by atoms with Gasteiger partial charge in [-0.25, -0.2) is 14.4 Å². The minimum atomic E-state index is -4.85. The Morgan fingerprint density at radius 2 is 2.00 bits per heavy atom. The summed E-state index contributed by atoms with van der Waals surface area (Å²) in [5, 5.41) is 16.2. The van der Waals surface area contributed by atoms with Gasteiger partial charge in [-0.2, -0.15) is 13.2 Å². The van der Waals surface area contributed by atoms with Crippen molar-refractivity contribution in [1.29, 1.82) is 0 Å². The van der Waals surface area contributed by atoms with Gasteiger partial charge >= 0.3 is 12.1 Å². The van der Waals surface area contributed by atoms with Crippen molar-refractivity contribution < 1.29 is 32.3 Å². The van der Waals surface area contributed by atoms with Gasteiger partial charge in [0.2, 0.25) is 0 Å². The molecule has 0 saturated heterocycles. The van der Waals surface area contributed by atoms with Crippen molar-refractivity contribution in [2.45, 2.75) is 31.5 Å². The Bertz CT molecular complexity index is 1280. The lowest BCUT2D eigenvalue weighted by atomic mass is 10.1. The predicted molar refractivity (Wildman–Crippen MR) is 122 cm³/mol. The van der Waals surface area contributed by atoms with E-state index >= 15 is 0 Å². The van der Waals surface area contributed by atoms with Crippen molar-refractivity contribution >= 4 is 45.8 Å². The third-order valence-corrected chi connectivity index (χ3v) is 6.58. The average Bonchev–Trinajstić information content (AvgIpc) is 3.44. The molecule has 13 heteroatoms. The number of nitrogens with zero attached hydrogens (tertiary/aromatic N) is 2. The van der Waals surface area contributed by atoms with Gasteiger partial charge in [0.25, 0.3) is 5.91 Å². The number of aliphatic carboxylic acids is 1. The summed E-state index contributed by atoms with van der Waals surface area (Å²) in [7, 11) is 0. The van der Waals surface area contributed by atoms with Crippen LogP contribution in [0.2, 0.25) is 5.02 Å². The third kappa shape index (κ3) is 5.54. The van der Waals surface area contributed by atoms with E-state index in [0.717, 1.165) is 17.4 Å². The molecule has 1 aromatic carbocycles. The lowest BCUT2D eigenvalue weighted by Gasteiger charge is -2.14. The number of thiazole rings is 1. The van der Waals surface area contributed by atoms with Crippen molar-refractivity contribution in [3.63, 3.8) is 0 Å². The van der Waals surface area contributed by atoms with E-state index in [0.29, 0.717) is 31.1 Å². The molecular weight excluding hydrogens is 512 g/mol. The fourth-order valence-corrected chi connectivity index (χ4v) is 4.70. The van der Waals surface area contributed by atoms with Gasteiger partial charge in [0.05, 0.1) is 27.8 Å². The molecule has 1 amide bonds. The Kier molecular flexibility index (Phi) is 6.95. The van der Waals surface area contributed by atoms with Crippen LogP contribution in [-0.2, 0) is 11.0 Å². The molecule has 1 fully saturated rings. The van der Waals surface area contributed by atoms with Crippen LogP contribution in [0.15, 0.2) is 35.8 Å². The van der Waals surface area contributed by atoms with E-state index < -0.39 is 35.4 Å². The second-order valence-electron chi connectivity index (χ2n) is 7.90. The SMILES string of the molecule is O=C(Nc1nc(-c2cccc(C(F)(F)F)c2F)cs1)c1cnc(NC2CCC(C(=O)O)C2)c(Cl)c1. The molecule has 0 radical (unpaired) electrons. The number of nitrogens with one attached hydrogen (secondary N) is 2. The first-order chi connectivity index (χ1) is 16.5. The molecule has 2 atom stereocenters. The van der Waals surface area contributed by atoms with E-state index in [1.807, 2.05) is 0 Å². The van der Waals surface area contributed by atoms with E-state index in [9.17, 15) is 27.2 Å². The van der Waals surface area contributed by atoms with Crippen LogP contribution in [-0.4, -0.2) is 33.0 Å². The summed E-state index contributed by atoms with van der Waals surface area (Å²) in [5.74, 6) is -3.02. The van der Waals surface area contributed by atoms with Gasteiger partial charge in [-0.05, 0) is 37.5 Å². The Balaban J connectivity index is 1.44. The predicted octanol–water partition coefficient (Wildman–Crippen LogP) is 5.93. The summed E-state index contributed by atoms with van der Waals surface area (Å²) in [6.07, 6.45) is -1.94. The Morgan fingerprint density at radius 3 is 2.66 bits per heavy atom. The number of carbonyl (C=O) groups is 2. The highest BCUT2D eigenvalue weighted by Gasteiger charge is 2.35. The van der Waals surface area contributed by atoms with Gasteiger partial charge < -0.3 is 10.4 Å². The number of carboxylic acids is 1. The highest BCUT2D eigenvalue weighted by molar-refractivity contribution is 7.14. The van der Waals surface area contributed by atoms with Gasteiger partial charge in [0, 0.05) is 23.2 Å². The Hall–Kier alpha value is -3.25. The average molecular weight is 529 g/mol. The molecule has 0 bridgehead atoms. The van der Waals surface area contributed by atoms with Crippen molar-refractivity contribution in [3.8, 4) is 11.3 Å².